The van der Waals surface area contributed by atoms with Crippen LogP contribution in [0.5, 0.6) is 0 Å². The molecule has 0 bridgehead atoms. The molecule has 0 radical (unpaired) electrons. The number of carboxylic acid groups (broad SMARTS) is 1. The van der Waals surface area contributed by atoms with Crippen molar-refractivity contribution in [3.8, 4) is 0 Å². The quantitative estimate of drug-likeness (QED) is 0.741. The van der Waals surface area contributed by atoms with Crippen LogP contribution in [-0.2, 0) is 19.1 Å². The van der Waals surface area contributed by atoms with E-state index in [1.54, 1.807) is 0 Å². The molecule has 5 heteroatoms. The lowest BCUT2D eigenvalue weighted by atomic mass is 9.81. The number of rotatable bonds is 5. The van der Waals surface area contributed by atoms with E-state index in [0.717, 1.165) is 6.42 Å². The van der Waals surface area contributed by atoms with Crippen molar-refractivity contribution in [2.45, 2.75) is 38.7 Å². The summed E-state index contributed by atoms with van der Waals surface area (Å²) >= 11 is 0. The fourth-order valence-electron chi connectivity index (χ4n) is 2.28. The fourth-order valence-corrected chi connectivity index (χ4v) is 2.28. The molecule has 1 fully saturated rings. The second kappa shape index (κ2) is 6.59. The number of ether oxygens (including phenoxy) is 2. The van der Waals surface area contributed by atoms with Crippen molar-refractivity contribution >= 4 is 11.9 Å². The number of hydrogen-bond donors (Lipinski definition) is 1. The average molecular weight is 244 g/mol. The third-order valence-electron chi connectivity index (χ3n) is 3.36. The van der Waals surface area contributed by atoms with Gasteiger partial charge in [-0.2, -0.15) is 0 Å². The first kappa shape index (κ1) is 14.0. The number of carboxylic acids is 1. The molecule has 0 aliphatic carbocycles. The first-order valence-electron chi connectivity index (χ1n) is 5.99. The Balaban J connectivity index is 2.63. The van der Waals surface area contributed by atoms with Crippen LogP contribution in [0.3, 0.4) is 0 Å². The van der Waals surface area contributed by atoms with Crippen molar-refractivity contribution in [1.29, 1.82) is 0 Å². The van der Waals surface area contributed by atoms with Gasteiger partial charge in [-0.3, -0.25) is 9.59 Å². The van der Waals surface area contributed by atoms with E-state index >= 15 is 0 Å². The number of carbonyl (C=O) groups is 2. The van der Waals surface area contributed by atoms with Crippen molar-refractivity contribution in [3.05, 3.63) is 0 Å². The van der Waals surface area contributed by atoms with E-state index in [1.807, 2.05) is 6.92 Å². The number of hydrogen-bond acceptors (Lipinski definition) is 4. The van der Waals surface area contributed by atoms with Gasteiger partial charge in [0.2, 0.25) is 0 Å². The minimum Gasteiger partial charge on any atom is -0.481 e. The van der Waals surface area contributed by atoms with Crippen LogP contribution >= 0.6 is 0 Å². The van der Waals surface area contributed by atoms with E-state index in [4.69, 9.17) is 4.74 Å². The van der Waals surface area contributed by atoms with Gasteiger partial charge < -0.3 is 14.6 Å². The summed E-state index contributed by atoms with van der Waals surface area (Å²) in [7, 11) is 1.28. The molecule has 0 aromatic rings. The highest BCUT2D eigenvalue weighted by molar-refractivity contribution is 5.78. The zero-order valence-electron chi connectivity index (χ0n) is 10.3. The van der Waals surface area contributed by atoms with E-state index in [0.29, 0.717) is 19.4 Å². The molecule has 5 nitrogen and oxygen atoms in total. The highest BCUT2D eigenvalue weighted by atomic mass is 16.5. The van der Waals surface area contributed by atoms with Crippen LogP contribution in [0.4, 0.5) is 0 Å². The van der Waals surface area contributed by atoms with Gasteiger partial charge in [-0.25, -0.2) is 0 Å². The lowest BCUT2D eigenvalue weighted by Gasteiger charge is -2.32. The van der Waals surface area contributed by atoms with Gasteiger partial charge in [0.25, 0.3) is 0 Å². The third kappa shape index (κ3) is 4.00. The van der Waals surface area contributed by atoms with Crippen LogP contribution in [0.15, 0.2) is 0 Å². The standard InChI is InChI=1S/C12H20O5/c1-3-9-6-8(4-5-17-9)10(12(14)15)7-11(13)16-2/h8-10H,3-7H2,1-2H3,(H,14,15)/t8-,9+,10+/m0/s1. The summed E-state index contributed by atoms with van der Waals surface area (Å²) < 4.78 is 10.1. The number of aliphatic carboxylic acids is 1. The lowest BCUT2D eigenvalue weighted by molar-refractivity contribution is -0.154. The zero-order chi connectivity index (χ0) is 12.8. The Morgan fingerprint density at radius 3 is 2.76 bits per heavy atom. The molecule has 1 heterocycles. The van der Waals surface area contributed by atoms with Gasteiger partial charge in [-0.1, -0.05) is 6.92 Å². The minimum atomic E-state index is -0.919. The fraction of sp³-hybridized carbons (Fsp3) is 0.833. The number of esters is 1. The van der Waals surface area contributed by atoms with Crippen LogP contribution < -0.4 is 0 Å². The van der Waals surface area contributed by atoms with E-state index < -0.39 is 17.9 Å². The summed E-state index contributed by atoms with van der Waals surface area (Å²) in [6, 6.07) is 0. The molecule has 98 valence electrons. The van der Waals surface area contributed by atoms with E-state index in [2.05, 4.69) is 4.74 Å². The van der Waals surface area contributed by atoms with Crippen molar-refractivity contribution in [3.63, 3.8) is 0 Å². The maximum Gasteiger partial charge on any atom is 0.307 e. The molecular weight excluding hydrogens is 224 g/mol. The molecule has 1 aliphatic rings. The van der Waals surface area contributed by atoms with Gasteiger partial charge >= 0.3 is 11.9 Å². The third-order valence-corrected chi connectivity index (χ3v) is 3.36. The highest BCUT2D eigenvalue weighted by Crippen LogP contribution is 2.30. The van der Waals surface area contributed by atoms with Gasteiger partial charge in [-0.15, -0.1) is 0 Å². The Bertz CT molecular complexity index is 276. The molecule has 0 saturated carbocycles. The minimum absolute atomic E-state index is 0.00491. The van der Waals surface area contributed by atoms with Crippen molar-refractivity contribution in [2.75, 3.05) is 13.7 Å². The second-order valence-electron chi connectivity index (χ2n) is 4.41. The highest BCUT2D eigenvalue weighted by Gasteiger charge is 2.34. The van der Waals surface area contributed by atoms with Crippen molar-refractivity contribution in [1.82, 2.24) is 0 Å². The Hall–Kier alpha value is -1.10. The molecule has 0 aromatic heterocycles. The van der Waals surface area contributed by atoms with Gasteiger partial charge in [0.1, 0.15) is 0 Å². The Labute approximate surface area is 101 Å². The van der Waals surface area contributed by atoms with E-state index in [9.17, 15) is 14.7 Å². The van der Waals surface area contributed by atoms with Crippen LogP contribution in [0, 0.1) is 11.8 Å². The van der Waals surface area contributed by atoms with Crippen molar-refractivity contribution in [2.24, 2.45) is 11.8 Å². The van der Waals surface area contributed by atoms with E-state index in [-0.39, 0.29) is 18.4 Å². The van der Waals surface area contributed by atoms with Gasteiger partial charge in [-0.05, 0) is 25.2 Å². The predicted octanol–water partition coefficient (Wildman–Crippen LogP) is 1.46. The number of carbonyl (C=O) groups excluding carboxylic acids is 1. The first-order valence-corrected chi connectivity index (χ1v) is 5.99. The average Bonchev–Trinajstić information content (AvgIpc) is 2.35. The summed E-state index contributed by atoms with van der Waals surface area (Å²) in [5, 5.41) is 9.18. The molecule has 0 amide bonds. The number of methoxy groups -OCH3 is 1. The zero-order valence-corrected chi connectivity index (χ0v) is 10.3. The SMILES string of the molecule is CC[C@@H]1C[C@@H]([C@@H](CC(=O)OC)C(=O)O)CCO1. The summed E-state index contributed by atoms with van der Waals surface area (Å²) in [5.74, 6) is -2.03. The lowest BCUT2D eigenvalue weighted by Crippen LogP contribution is -2.34. The molecule has 0 aromatic carbocycles. The summed E-state index contributed by atoms with van der Waals surface area (Å²) in [5.41, 5.74) is 0. The van der Waals surface area contributed by atoms with Gasteiger partial charge in [0.05, 0.1) is 25.6 Å². The second-order valence-corrected chi connectivity index (χ2v) is 4.41. The van der Waals surface area contributed by atoms with E-state index in [1.165, 1.54) is 7.11 Å². The summed E-state index contributed by atoms with van der Waals surface area (Å²) in [6.45, 7) is 2.59. The molecule has 0 spiro atoms. The van der Waals surface area contributed by atoms with Crippen LogP contribution in [0.2, 0.25) is 0 Å². The molecule has 1 saturated heterocycles. The molecular formula is C12H20O5. The van der Waals surface area contributed by atoms with Gasteiger partial charge in [0, 0.05) is 6.61 Å². The van der Waals surface area contributed by atoms with Gasteiger partial charge in [0.15, 0.2) is 0 Å². The van der Waals surface area contributed by atoms with Crippen LogP contribution in [0.1, 0.15) is 32.6 Å². The summed E-state index contributed by atoms with van der Waals surface area (Å²) in [4.78, 5) is 22.4. The normalized spacial score (nSPS) is 26.2. The van der Waals surface area contributed by atoms with Crippen LogP contribution in [0.25, 0.3) is 0 Å². The molecule has 1 N–H and O–H groups in total. The molecule has 1 rings (SSSR count). The summed E-state index contributed by atoms with van der Waals surface area (Å²) in [6.07, 6.45) is 2.36. The maximum absolute atomic E-state index is 11.2. The molecule has 17 heavy (non-hydrogen) atoms. The monoisotopic (exact) mass is 244 g/mol. The van der Waals surface area contributed by atoms with Crippen molar-refractivity contribution < 1.29 is 24.2 Å². The largest absolute Gasteiger partial charge is 0.481 e. The molecule has 0 unspecified atom stereocenters. The predicted molar refractivity (Wildman–Crippen MR) is 60.5 cm³/mol. The first-order chi connectivity index (χ1) is 8.08. The Morgan fingerprint density at radius 2 is 2.24 bits per heavy atom. The Morgan fingerprint density at radius 1 is 1.53 bits per heavy atom. The molecule has 3 atom stereocenters. The van der Waals surface area contributed by atoms with Crippen LogP contribution in [-0.4, -0.2) is 36.9 Å². The topological polar surface area (TPSA) is 72.8 Å². The maximum atomic E-state index is 11.2. The molecule has 1 aliphatic heterocycles. The smallest absolute Gasteiger partial charge is 0.307 e. The Kier molecular flexibility index (Phi) is 5.41.